The van der Waals surface area contributed by atoms with Crippen molar-refractivity contribution >= 4 is 51.0 Å². The zero-order chi connectivity index (χ0) is 31.4. The molecule has 0 spiro atoms. The minimum absolute atomic E-state index is 0.0426. The van der Waals surface area contributed by atoms with Gasteiger partial charge in [-0.1, -0.05) is 42.5 Å². The standard InChI is InChI=1S/C29H38N8O5S/c1-17(38)34-21(13-14-24(30)39)26(41)36-22(16-18-8-3-2-4-9-18)27(42)35-20(11-7-15-33-29(31)32)25(40)28-37-19-10-5-6-12-23(19)43-28/h2-6,8-10,12,20-22,24,39H,7,11,13-16,30H2,1H3,(H,34,38)(H,35,42)(H,36,41)(H4,31,32,33)/t20-,21-,22-,24?/m0/s1. The molecule has 1 aromatic heterocycles. The Balaban J connectivity index is 1.85. The third kappa shape index (κ3) is 10.7. The molecular weight excluding hydrogens is 572 g/mol. The number of carbonyl (C=O) groups is 4. The number of thiazole rings is 1. The number of hydrogen-bond acceptors (Lipinski definition) is 9. The summed E-state index contributed by atoms with van der Waals surface area (Å²) in [6.07, 6.45) is -0.359. The summed E-state index contributed by atoms with van der Waals surface area (Å²) < 4.78 is 0.829. The Bertz CT molecular complexity index is 1380. The summed E-state index contributed by atoms with van der Waals surface area (Å²) in [5, 5.41) is 27.9. The smallest absolute Gasteiger partial charge is 0.243 e. The van der Waals surface area contributed by atoms with Crippen LogP contribution >= 0.6 is 11.3 Å². The number of nitrogens with zero attached hydrogens (tertiary/aromatic N) is 1. The number of aliphatic hydroxyl groups excluding tert-OH is 1. The van der Waals surface area contributed by atoms with Gasteiger partial charge in [-0.15, -0.1) is 11.3 Å². The van der Waals surface area contributed by atoms with E-state index in [0.717, 1.165) is 10.3 Å². The summed E-state index contributed by atoms with van der Waals surface area (Å²) in [4.78, 5) is 56.9. The summed E-state index contributed by atoms with van der Waals surface area (Å²) in [7, 11) is 0. The van der Waals surface area contributed by atoms with Crippen LogP contribution < -0.4 is 32.7 Å². The fourth-order valence-electron chi connectivity index (χ4n) is 4.38. The zero-order valence-electron chi connectivity index (χ0n) is 23.8. The highest BCUT2D eigenvalue weighted by atomic mass is 32.1. The number of amides is 3. The number of aliphatic hydroxyl groups is 1. The molecule has 13 nitrogen and oxygen atoms in total. The highest BCUT2D eigenvalue weighted by molar-refractivity contribution is 7.20. The number of rotatable bonds is 16. The predicted octanol–water partition coefficient (Wildman–Crippen LogP) is 0.517. The van der Waals surface area contributed by atoms with Crippen LogP contribution in [0.4, 0.5) is 0 Å². The quantitative estimate of drug-likeness (QED) is 0.0371. The van der Waals surface area contributed by atoms with Crippen LogP contribution in [0.25, 0.3) is 10.2 Å². The normalized spacial score (nSPS) is 13.7. The van der Waals surface area contributed by atoms with Crippen molar-refractivity contribution in [3.8, 4) is 0 Å². The van der Waals surface area contributed by atoms with E-state index in [1.807, 2.05) is 24.3 Å². The van der Waals surface area contributed by atoms with Crippen molar-refractivity contribution in [1.29, 1.82) is 5.41 Å². The van der Waals surface area contributed by atoms with Gasteiger partial charge in [0, 0.05) is 19.9 Å². The monoisotopic (exact) mass is 610 g/mol. The molecule has 0 saturated carbocycles. The maximum Gasteiger partial charge on any atom is 0.243 e. The van der Waals surface area contributed by atoms with Gasteiger partial charge in [0.25, 0.3) is 0 Å². The number of fused-ring (bicyclic) bond motifs is 1. The van der Waals surface area contributed by atoms with E-state index in [4.69, 9.17) is 16.9 Å². The highest BCUT2D eigenvalue weighted by Crippen LogP contribution is 2.23. The minimum Gasteiger partial charge on any atom is -0.379 e. The number of ketones is 1. The van der Waals surface area contributed by atoms with Crippen molar-refractivity contribution in [2.24, 2.45) is 11.5 Å². The molecule has 10 N–H and O–H groups in total. The van der Waals surface area contributed by atoms with Gasteiger partial charge in [-0.2, -0.15) is 0 Å². The molecule has 4 atom stereocenters. The van der Waals surface area contributed by atoms with Crippen LogP contribution in [0.15, 0.2) is 54.6 Å². The van der Waals surface area contributed by atoms with Gasteiger partial charge in [-0.3, -0.25) is 24.6 Å². The molecule has 0 aliphatic heterocycles. The van der Waals surface area contributed by atoms with Crippen molar-refractivity contribution in [2.45, 2.75) is 63.4 Å². The predicted molar refractivity (Wildman–Crippen MR) is 164 cm³/mol. The molecule has 14 heteroatoms. The lowest BCUT2D eigenvalue weighted by Gasteiger charge is -2.25. The van der Waals surface area contributed by atoms with Gasteiger partial charge in [-0.25, -0.2) is 4.98 Å². The first-order chi connectivity index (χ1) is 20.5. The van der Waals surface area contributed by atoms with E-state index in [-0.39, 0.29) is 42.4 Å². The summed E-state index contributed by atoms with van der Waals surface area (Å²) >= 11 is 1.22. The molecule has 0 aliphatic rings. The van der Waals surface area contributed by atoms with Crippen molar-refractivity contribution in [3.05, 3.63) is 65.2 Å². The van der Waals surface area contributed by atoms with Crippen LogP contribution in [0.5, 0.6) is 0 Å². The second kappa shape index (κ2) is 16.3. The maximum absolute atomic E-state index is 13.7. The first-order valence-electron chi connectivity index (χ1n) is 13.9. The molecule has 0 aliphatic carbocycles. The largest absolute Gasteiger partial charge is 0.379 e. The third-order valence-corrected chi connectivity index (χ3v) is 7.53. The molecule has 43 heavy (non-hydrogen) atoms. The lowest BCUT2D eigenvalue weighted by atomic mass is 10.0. The van der Waals surface area contributed by atoms with Gasteiger partial charge < -0.3 is 37.8 Å². The number of Topliss-reactive ketones (excluding diaryl/α,β-unsaturated/α-hetero) is 1. The number of nitrogens with one attached hydrogen (secondary N) is 5. The fraction of sp³-hybridized carbons (Fsp3) is 0.379. The molecular formula is C29H38N8O5S. The number of nitrogens with two attached hydrogens (primary N) is 2. The molecule has 1 unspecified atom stereocenters. The first kappa shape index (κ1) is 33.1. The first-order valence-corrected chi connectivity index (χ1v) is 14.7. The van der Waals surface area contributed by atoms with Gasteiger partial charge in [0.2, 0.25) is 23.5 Å². The molecule has 0 radical (unpaired) electrons. The Morgan fingerprint density at radius 1 is 0.907 bits per heavy atom. The summed E-state index contributed by atoms with van der Waals surface area (Å²) in [6.45, 7) is 1.57. The van der Waals surface area contributed by atoms with Crippen molar-refractivity contribution < 1.29 is 24.3 Å². The molecule has 3 aromatic rings. The van der Waals surface area contributed by atoms with Crippen LogP contribution in [0, 0.1) is 5.41 Å². The molecule has 1 heterocycles. The summed E-state index contributed by atoms with van der Waals surface area (Å²) in [5.74, 6) is -2.28. The van der Waals surface area contributed by atoms with Crippen LogP contribution in [-0.2, 0) is 20.8 Å². The molecule has 0 saturated heterocycles. The van der Waals surface area contributed by atoms with Crippen LogP contribution in [0.3, 0.4) is 0 Å². The van der Waals surface area contributed by atoms with E-state index >= 15 is 0 Å². The average molecular weight is 611 g/mol. The Hall–Kier alpha value is -4.40. The summed E-state index contributed by atoms with van der Waals surface area (Å²) in [5.41, 5.74) is 12.2. The van der Waals surface area contributed by atoms with Gasteiger partial charge in [0.15, 0.2) is 11.0 Å². The van der Waals surface area contributed by atoms with Gasteiger partial charge in [0.1, 0.15) is 18.3 Å². The SMILES string of the molecule is CC(=O)N[C@@H](CCC(N)O)C(=O)N[C@@H](Cc1ccccc1)C(=O)N[C@@H](CCCNC(=N)N)C(=O)c1nc2ccccc2s1. The van der Waals surface area contributed by atoms with E-state index in [2.05, 4.69) is 26.3 Å². The third-order valence-electron chi connectivity index (χ3n) is 6.48. The second-order valence-corrected chi connectivity index (χ2v) is 11.1. The molecule has 3 amide bonds. The number of carbonyl (C=O) groups excluding carboxylic acids is 4. The molecule has 3 rings (SSSR count). The number of guanidine groups is 1. The fourth-order valence-corrected chi connectivity index (χ4v) is 5.34. The number of para-hydroxylation sites is 1. The lowest BCUT2D eigenvalue weighted by Crippen LogP contribution is -2.56. The molecule has 2 aromatic carbocycles. The van der Waals surface area contributed by atoms with E-state index in [1.165, 1.54) is 18.3 Å². The Kier molecular flexibility index (Phi) is 12.5. The van der Waals surface area contributed by atoms with Gasteiger partial charge in [0.05, 0.1) is 16.3 Å². The van der Waals surface area contributed by atoms with Crippen molar-refractivity contribution in [2.75, 3.05) is 6.54 Å². The second-order valence-electron chi connectivity index (χ2n) is 10.0. The minimum atomic E-state index is -1.18. The molecule has 0 fully saturated rings. The Morgan fingerprint density at radius 2 is 1.56 bits per heavy atom. The Labute approximate surface area is 253 Å². The Morgan fingerprint density at radius 3 is 2.21 bits per heavy atom. The van der Waals surface area contributed by atoms with Gasteiger partial charge >= 0.3 is 0 Å². The number of hydrogen-bond donors (Lipinski definition) is 8. The maximum atomic E-state index is 13.7. The number of benzene rings is 2. The van der Waals surface area contributed by atoms with E-state index < -0.39 is 42.1 Å². The zero-order valence-corrected chi connectivity index (χ0v) is 24.7. The highest BCUT2D eigenvalue weighted by Gasteiger charge is 2.31. The van der Waals surface area contributed by atoms with Crippen LogP contribution in [0.1, 0.15) is 48.0 Å². The van der Waals surface area contributed by atoms with Gasteiger partial charge in [-0.05, 0) is 43.4 Å². The van der Waals surface area contributed by atoms with Crippen molar-refractivity contribution in [1.82, 2.24) is 26.3 Å². The number of aromatic nitrogens is 1. The average Bonchev–Trinajstić information content (AvgIpc) is 3.40. The van der Waals surface area contributed by atoms with E-state index in [9.17, 15) is 24.3 Å². The topological polar surface area (TPSA) is 225 Å². The van der Waals surface area contributed by atoms with E-state index in [1.54, 1.807) is 30.3 Å². The molecule has 0 bridgehead atoms. The lowest BCUT2D eigenvalue weighted by molar-refractivity contribution is -0.132. The summed E-state index contributed by atoms with van der Waals surface area (Å²) in [6, 6.07) is 13.2. The molecule has 230 valence electrons. The van der Waals surface area contributed by atoms with Crippen molar-refractivity contribution in [3.63, 3.8) is 0 Å². The van der Waals surface area contributed by atoms with Crippen LogP contribution in [0.2, 0.25) is 0 Å². The van der Waals surface area contributed by atoms with Crippen LogP contribution in [-0.4, -0.2) is 70.5 Å². The van der Waals surface area contributed by atoms with E-state index in [0.29, 0.717) is 18.5 Å².